The van der Waals surface area contributed by atoms with Gasteiger partial charge in [-0.05, 0) is 32.4 Å². The molecule has 0 saturated heterocycles. The van der Waals surface area contributed by atoms with Gasteiger partial charge < -0.3 is 5.32 Å². The minimum atomic E-state index is -4.09. The molecule has 0 spiro atoms. The maximum absolute atomic E-state index is 12.6. The van der Waals surface area contributed by atoms with Crippen LogP contribution in [-0.4, -0.2) is 42.8 Å². The molecule has 108 valence electrons. The van der Waals surface area contributed by atoms with Crippen molar-refractivity contribution in [2.75, 3.05) is 19.6 Å². The third-order valence-electron chi connectivity index (χ3n) is 3.64. The number of halogens is 3. The van der Waals surface area contributed by atoms with Crippen molar-refractivity contribution < 1.29 is 13.2 Å². The molecule has 1 saturated carbocycles. The lowest BCUT2D eigenvalue weighted by Crippen LogP contribution is -2.54. The summed E-state index contributed by atoms with van der Waals surface area (Å²) in [5.74, 6) is 0. The molecule has 2 nitrogen and oxygen atoms in total. The highest BCUT2D eigenvalue weighted by molar-refractivity contribution is 4.88. The van der Waals surface area contributed by atoms with Crippen LogP contribution in [-0.2, 0) is 0 Å². The second-order valence-electron chi connectivity index (χ2n) is 5.09. The maximum atomic E-state index is 12.6. The molecule has 18 heavy (non-hydrogen) atoms. The van der Waals surface area contributed by atoms with Gasteiger partial charge >= 0.3 is 6.18 Å². The second-order valence-corrected chi connectivity index (χ2v) is 5.09. The van der Waals surface area contributed by atoms with Gasteiger partial charge in [0.15, 0.2) is 0 Å². The molecule has 1 N–H and O–H groups in total. The lowest BCUT2D eigenvalue weighted by Gasteiger charge is -2.40. The summed E-state index contributed by atoms with van der Waals surface area (Å²) in [4.78, 5) is 1.59. The van der Waals surface area contributed by atoms with Gasteiger partial charge in [-0.1, -0.05) is 26.7 Å². The molecule has 0 heterocycles. The normalized spacial score (nSPS) is 25.7. The van der Waals surface area contributed by atoms with E-state index >= 15 is 0 Å². The summed E-state index contributed by atoms with van der Waals surface area (Å²) < 4.78 is 37.7. The smallest absolute Gasteiger partial charge is 0.312 e. The van der Waals surface area contributed by atoms with Gasteiger partial charge in [-0.2, -0.15) is 13.2 Å². The molecule has 0 aromatic rings. The number of hydrogen-bond acceptors (Lipinski definition) is 2. The third-order valence-corrected chi connectivity index (χ3v) is 3.64. The molecule has 0 radical (unpaired) electrons. The van der Waals surface area contributed by atoms with E-state index in [0.29, 0.717) is 6.54 Å². The zero-order valence-electron chi connectivity index (χ0n) is 11.4. The van der Waals surface area contributed by atoms with Crippen molar-refractivity contribution in [1.29, 1.82) is 0 Å². The Morgan fingerprint density at radius 2 is 1.83 bits per heavy atom. The number of nitrogens with zero attached hydrogens (tertiary/aromatic N) is 1. The van der Waals surface area contributed by atoms with Crippen LogP contribution in [0.1, 0.15) is 46.0 Å². The van der Waals surface area contributed by atoms with Crippen LogP contribution in [0.5, 0.6) is 0 Å². The van der Waals surface area contributed by atoms with E-state index in [1.54, 1.807) is 4.90 Å². The molecule has 1 aliphatic rings. The first-order valence-corrected chi connectivity index (χ1v) is 7.02. The van der Waals surface area contributed by atoms with E-state index < -0.39 is 12.7 Å². The van der Waals surface area contributed by atoms with Crippen LogP contribution in [0.3, 0.4) is 0 Å². The Morgan fingerprint density at radius 1 is 1.17 bits per heavy atom. The Kier molecular flexibility index (Phi) is 6.43. The number of alkyl halides is 3. The zero-order chi connectivity index (χ0) is 13.6. The molecule has 0 aromatic carbocycles. The molecule has 0 bridgehead atoms. The Bertz CT molecular complexity index is 231. The van der Waals surface area contributed by atoms with Crippen molar-refractivity contribution in [1.82, 2.24) is 10.2 Å². The van der Waals surface area contributed by atoms with Crippen LogP contribution >= 0.6 is 0 Å². The van der Waals surface area contributed by atoms with E-state index in [2.05, 4.69) is 12.2 Å². The van der Waals surface area contributed by atoms with Gasteiger partial charge in [0.2, 0.25) is 0 Å². The number of likely N-dealkylation sites (N-methyl/N-ethyl adjacent to an activating group) is 1. The summed E-state index contributed by atoms with van der Waals surface area (Å²) in [5.41, 5.74) is 0. The second kappa shape index (κ2) is 7.34. The van der Waals surface area contributed by atoms with Gasteiger partial charge in [-0.25, -0.2) is 0 Å². The molecule has 0 aliphatic heterocycles. The minimum Gasteiger partial charge on any atom is -0.312 e. The molecule has 1 rings (SSSR count). The number of hydrogen-bond donors (Lipinski definition) is 1. The van der Waals surface area contributed by atoms with Gasteiger partial charge in [-0.3, -0.25) is 4.90 Å². The Balaban J connectivity index is 2.61. The quantitative estimate of drug-likeness (QED) is 0.794. The van der Waals surface area contributed by atoms with Crippen LogP contribution in [0.15, 0.2) is 0 Å². The lowest BCUT2D eigenvalue weighted by molar-refractivity contribution is -0.152. The average molecular weight is 266 g/mol. The monoisotopic (exact) mass is 266 g/mol. The fourth-order valence-electron chi connectivity index (χ4n) is 2.81. The van der Waals surface area contributed by atoms with E-state index in [-0.39, 0.29) is 12.1 Å². The van der Waals surface area contributed by atoms with Crippen LogP contribution < -0.4 is 5.32 Å². The van der Waals surface area contributed by atoms with E-state index in [1.165, 1.54) is 0 Å². The van der Waals surface area contributed by atoms with Gasteiger partial charge in [0, 0.05) is 12.1 Å². The highest BCUT2D eigenvalue weighted by Gasteiger charge is 2.36. The van der Waals surface area contributed by atoms with Crippen LogP contribution in [0.2, 0.25) is 0 Å². The molecule has 0 amide bonds. The molecule has 2 atom stereocenters. The molecule has 5 heteroatoms. The Labute approximate surface area is 108 Å². The van der Waals surface area contributed by atoms with Crippen LogP contribution in [0.25, 0.3) is 0 Å². The molecule has 0 aromatic heterocycles. The topological polar surface area (TPSA) is 15.3 Å². The lowest BCUT2D eigenvalue weighted by atomic mass is 9.89. The van der Waals surface area contributed by atoms with Crippen molar-refractivity contribution in [2.24, 2.45) is 0 Å². The Hall–Kier alpha value is -0.290. The van der Waals surface area contributed by atoms with Crippen molar-refractivity contribution in [2.45, 2.75) is 64.2 Å². The minimum absolute atomic E-state index is 0.0388. The molecule has 1 aliphatic carbocycles. The number of nitrogens with one attached hydrogen (secondary N) is 1. The summed E-state index contributed by atoms with van der Waals surface area (Å²) in [6, 6.07) is 0.262. The van der Waals surface area contributed by atoms with E-state index in [0.717, 1.165) is 38.6 Å². The largest absolute Gasteiger partial charge is 0.401 e. The molecule has 2 unspecified atom stereocenters. The first kappa shape index (κ1) is 15.8. The predicted octanol–water partition coefficient (Wildman–Crippen LogP) is 3.18. The average Bonchev–Trinajstić information content (AvgIpc) is 2.33. The predicted molar refractivity (Wildman–Crippen MR) is 67.6 cm³/mol. The highest BCUT2D eigenvalue weighted by Crippen LogP contribution is 2.26. The Morgan fingerprint density at radius 3 is 2.39 bits per heavy atom. The first-order chi connectivity index (χ1) is 8.48. The highest BCUT2D eigenvalue weighted by atomic mass is 19.4. The zero-order valence-corrected chi connectivity index (χ0v) is 11.4. The molecular formula is C13H25F3N2. The van der Waals surface area contributed by atoms with Crippen molar-refractivity contribution in [3.63, 3.8) is 0 Å². The first-order valence-electron chi connectivity index (χ1n) is 7.02. The SMILES string of the molecule is CCCNC1CCCCC1N(CC)CC(F)(F)F. The summed E-state index contributed by atoms with van der Waals surface area (Å²) in [6.45, 7) is 4.48. The van der Waals surface area contributed by atoms with Crippen LogP contribution in [0, 0.1) is 0 Å². The van der Waals surface area contributed by atoms with E-state index in [1.807, 2.05) is 6.92 Å². The molecular weight excluding hydrogens is 241 g/mol. The fraction of sp³-hybridized carbons (Fsp3) is 1.00. The van der Waals surface area contributed by atoms with Gasteiger partial charge in [0.25, 0.3) is 0 Å². The summed E-state index contributed by atoms with van der Waals surface area (Å²) in [5, 5.41) is 3.41. The van der Waals surface area contributed by atoms with Crippen molar-refractivity contribution in [3.8, 4) is 0 Å². The standard InChI is InChI=1S/C13H25F3N2/c1-3-9-17-11-7-5-6-8-12(11)18(4-2)10-13(14,15)16/h11-12,17H,3-10H2,1-2H3. The van der Waals surface area contributed by atoms with Gasteiger partial charge in [0.1, 0.15) is 0 Å². The van der Waals surface area contributed by atoms with Crippen LogP contribution in [0.4, 0.5) is 13.2 Å². The summed E-state index contributed by atoms with van der Waals surface area (Å²) in [6.07, 6.45) is 0.979. The van der Waals surface area contributed by atoms with Crippen molar-refractivity contribution >= 4 is 0 Å². The van der Waals surface area contributed by atoms with Crippen molar-refractivity contribution in [3.05, 3.63) is 0 Å². The summed E-state index contributed by atoms with van der Waals surface area (Å²) in [7, 11) is 0. The molecule has 1 fully saturated rings. The maximum Gasteiger partial charge on any atom is 0.401 e. The number of rotatable bonds is 6. The van der Waals surface area contributed by atoms with Gasteiger partial charge in [0.05, 0.1) is 6.54 Å². The van der Waals surface area contributed by atoms with E-state index in [9.17, 15) is 13.2 Å². The van der Waals surface area contributed by atoms with Gasteiger partial charge in [-0.15, -0.1) is 0 Å². The summed E-state index contributed by atoms with van der Waals surface area (Å²) >= 11 is 0. The fourth-order valence-corrected chi connectivity index (χ4v) is 2.81. The third kappa shape index (κ3) is 5.14. The van der Waals surface area contributed by atoms with E-state index in [4.69, 9.17) is 0 Å².